The van der Waals surface area contributed by atoms with Gasteiger partial charge in [0.25, 0.3) is 0 Å². The SMILES string of the molecule is C[C@H](O)c1ccc(F)cc1OCc1cccc(F)c1Br. The van der Waals surface area contributed by atoms with Crippen LogP contribution in [0.25, 0.3) is 0 Å². The van der Waals surface area contributed by atoms with Crippen LogP contribution in [0.2, 0.25) is 0 Å². The predicted molar refractivity (Wildman–Crippen MR) is 75.5 cm³/mol. The van der Waals surface area contributed by atoms with E-state index in [4.69, 9.17) is 4.74 Å². The normalized spacial score (nSPS) is 12.2. The maximum atomic E-state index is 13.4. The molecule has 0 bridgehead atoms. The van der Waals surface area contributed by atoms with Gasteiger partial charge in [-0.2, -0.15) is 0 Å². The Morgan fingerprint density at radius 1 is 1.25 bits per heavy atom. The second-order valence-electron chi connectivity index (χ2n) is 4.36. The van der Waals surface area contributed by atoms with Gasteiger partial charge in [0.2, 0.25) is 0 Å². The second kappa shape index (κ2) is 6.33. The summed E-state index contributed by atoms with van der Waals surface area (Å²) >= 11 is 3.14. The molecule has 1 N–H and O–H groups in total. The summed E-state index contributed by atoms with van der Waals surface area (Å²) in [7, 11) is 0. The van der Waals surface area contributed by atoms with Crippen LogP contribution < -0.4 is 4.74 Å². The molecule has 0 amide bonds. The van der Waals surface area contributed by atoms with E-state index < -0.39 is 11.9 Å². The van der Waals surface area contributed by atoms with Crippen molar-refractivity contribution in [1.82, 2.24) is 0 Å². The highest BCUT2D eigenvalue weighted by molar-refractivity contribution is 9.10. The summed E-state index contributed by atoms with van der Waals surface area (Å²) in [4.78, 5) is 0. The van der Waals surface area contributed by atoms with Crippen LogP contribution in [0.15, 0.2) is 40.9 Å². The Bertz CT molecular complexity index is 615. The van der Waals surface area contributed by atoms with Crippen molar-refractivity contribution in [3.63, 3.8) is 0 Å². The molecule has 2 nitrogen and oxygen atoms in total. The third kappa shape index (κ3) is 3.35. The topological polar surface area (TPSA) is 29.5 Å². The number of hydrogen-bond acceptors (Lipinski definition) is 2. The molecule has 106 valence electrons. The number of rotatable bonds is 4. The number of ether oxygens (including phenoxy) is 1. The van der Waals surface area contributed by atoms with E-state index in [0.717, 1.165) is 0 Å². The first-order valence-electron chi connectivity index (χ1n) is 6.02. The van der Waals surface area contributed by atoms with Crippen LogP contribution in [-0.2, 0) is 6.61 Å². The summed E-state index contributed by atoms with van der Waals surface area (Å²) in [5.74, 6) is -0.597. The molecule has 0 saturated carbocycles. The molecular weight excluding hydrogens is 330 g/mol. The van der Waals surface area contributed by atoms with Gasteiger partial charge in [-0.15, -0.1) is 0 Å². The quantitative estimate of drug-likeness (QED) is 0.894. The fraction of sp³-hybridized carbons (Fsp3) is 0.200. The lowest BCUT2D eigenvalue weighted by molar-refractivity contribution is 0.189. The lowest BCUT2D eigenvalue weighted by Crippen LogP contribution is -2.02. The van der Waals surface area contributed by atoms with Crippen LogP contribution in [0, 0.1) is 11.6 Å². The summed E-state index contributed by atoms with van der Waals surface area (Å²) in [6.45, 7) is 1.64. The van der Waals surface area contributed by atoms with Crippen molar-refractivity contribution < 1.29 is 18.6 Å². The van der Waals surface area contributed by atoms with Crippen molar-refractivity contribution >= 4 is 15.9 Å². The molecule has 0 aliphatic rings. The molecule has 0 radical (unpaired) electrons. The minimum Gasteiger partial charge on any atom is -0.488 e. The Balaban J connectivity index is 2.22. The molecule has 0 spiro atoms. The molecule has 0 aliphatic heterocycles. The maximum Gasteiger partial charge on any atom is 0.137 e. The fourth-order valence-corrected chi connectivity index (χ4v) is 2.17. The van der Waals surface area contributed by atoms with Crippen molar-refractivity contribution in [1.29, 1.82) is 0 Å². The third-order valence-electron chi connectivity index (χ3n) is 2.84. The molecule has 0 heterocycles. The Kier molecular flexibility index (Phi) is 4.73. The fourth-order valence-electron chi connectivity index (χ4n) is 1.79. The molecule has 0 fully saturated rings. The van der Waals surface area contributed by atoms with Gasteiger partial charge in [0.05, 0.1) is 10.6 Å². The first-order chi connectivity index (χ1) is 9.49. The highest BCUT2D eigenvalue weighted by atomic mass is 79.9. The molecule has 1 atom stereocenters. The summed E-state index contributed by atoms with van der Waals surface area (Å²) < 4.78 is 32.4. The van der Waals surface area contributed by atoms with Gasteiger partial charge < -0.3 is 9.84 Å². The Morgan fingerprint density at radius 3 is 2.70 bits per heavy atom. The Morgan fingerprint density at radius 2 is 2.00 bits per heavy atom. The molecule has 5 heteroatoms. The standard InChI is InChI=1S/C15H13BrF2O2/c1-9(19)12-6-5-11(17)7-14(12)20-8-10-3-2-4-13(18)15(10)16/h2-7,9,19H,8H2,1H3/t9-/m0/s1. The summed E-state index contributed by atoms with van der Waals surface area (Å²) in [6.07, 6.45) is -0.776. The van der Waals surface area contributed by atoms with Gasteiger partial charge in [-0.3, -0.25) is 0 Å². The molecule has 0 aliphatic carbocycles. The smallest absolute Gasteiger partial charge is 0.137 e. The highest BCUT2D eigenvalue weighted by Crippen LogP contribution is 2.28. The number of hydrogen-bond donors (Lipinski definition) is 1. The largest absolute Gasteiger partial charge is 0.488 e. The van der Waals surface area contributed by atoms with Crippen molar-refractivity contribution in [3.8, 4) is 5.75 Å². The monoisotopic (exact) mass is 342 g/mol. The van der Waals surface area contributed by atoms with Gasteiger partial charge in [0.15, 0.2) is 0 Å². The Labute approximate surface area is 124 Å². The lowest BCUT2D eigenvalue weighted by Gasteiger charge is -2.14. The maximum absolute atomic E-state index is 13.4. The van der Waals surface area contributed by atoms with E-state index in [0.29, 0.717) is 15.6 Å². The van der Waals surface area contributed by atoms with Crippen molar-refractivity contribution in [2.24, 2.45) is 0 Å². The van der Waals surface area contributed by atoms with Gasteiger partial charge in [-0.05, 0) is 41.1 Å². The molecule has 0 unspecified atom stereocenters. The van der Waals surface area contributed by atoms with E-state index in [2.05, 4.69) is 15.9 Å². The molecule has 2 aromatic carbocycles. The van der Waals surface area contributed by atoms with Crippen molar-refractivity contribution in [3.05, 3.63) is 63.6 Å². The summed E-state index contributed by atoms with van der Waals surface area (Å²) in [5.41, 5.74) is 1.09. The van der Waals surface area contributed by atoms with Gasteiger partial charge in [0.1, 0.15) is 24.0 Å². The zero-order valence-corrected chi connectivity index (χ0v) is 12.3. The first kappa shape index (κ1) is 14.9. The molecule has 0 saturated heterocycles. The number of aliphatic hydroxyl groups excluding tert-OH is 1. The predicted octanol–water partition coefficient (Wildman–Crippen LogP) is 4.36. The molecule has 0 aromatic heterocycles. The first-order valence-corrected chi connectivity index (χ1v) is 6.81. The lowest BCUT2D eigenvalue weighted by atomic mass is 10.1. The van der Waals surface area contributed by atoms with E-state index in [1.54, 1.807) is 19.1 Å². The molecule has 20 heavy (non-hydrogen) atoms. The minimum atomic E-state index is -0.776. The zero-order valence-electron chi connectivity index (χ0n) is 10.7. The number of aliphatic hydroxyl groups is 1. The zero-order chi connectivity index (χ0) is 14.7. The van der Waals surface area contributed by atoms with Gasteiger partial charge in [-0.1, -0.05) is 12.1 Å². The highest BCUT2D eigenvalue weighted by Gasteiger charge is 2.12. The van der Waals surface area contributed by atoms with E-state index in [1.165, 1.54) is 24.3 Å². The minimum absolute atomic E-state index is 0.0709. The number of benzene rings is 2. The van der Waals surface area contributed by atoms with E-state index >= 15 is 0 Å². The molecule has 2 aromatic rings. The van der Waals surface area contributed by atoms with Crippen LogP contribution in [0.4, 0.5) is 8.78 Å². The van der Waals surface area contributed by atoms with Gasteiger partial charge >= 0.3 is 0 Å². The molecule has 2 rings (SSSR count). The van der Waals surface area contributed by atoms with Crippen molar-refractivity contribution in [2.75, 3.05) is 0 Å². The second-order valence-corrected chi connectivity index (χ2v) is 5.15. The van der Waals surface area contributed by atoms with Crippen LogP contribution in [0.3, 0.4) is 0 Å². The van der Waals surface area contributed by atoms with Crippen molar-refractivity contribution in [2.45, 2.75) is 19.6 Å². The summed E-state index contributed by atoms with van der Waals surface area (Å²) in [6, 6.07) is 8.53. The summed E-state index contributed by atoms with van der Waals surface area (Å²) in [5, 5.41) is 9.62. The molecular formula is C15H13BrF2O2. The van der Waals surface area contributed by atoms with Crippen LogP contribution >= 0.6 is 15.9 Å². The third-order valence-corrected chi connectivity index (χ3v) is 3.73. The Hall–Kier alpha value is -1.46. The van der Waals surface area contributed by atoms with Gasteiger partial charge in [-0.25, -0.2) is 8.78 Å². The average Bonchev–Trinajstić information content (AvgIpc) is 2.40. The van der Waals surface area contributed by atoms with Crippen LogP contribution in [-0.4, -0.2) is 5.11 Å². The van der Waals surface area contributed by atoms with E-state index in [1.807, 2.05) is 0 Å². The number of halogens is 3. The average molecular weight is 343 g/mol. The van der Waals surface area contributed by atoms with Crippen LogP contribution in [0.1, 0.15) is 24.2 Å². The van der Waals surface area contributed by atoms with Crippen LogP contribution in [0.5, 0.6) is 5.75 Å². The van der Waals surface area contributed by atoms with E-state index in [9.17, 15) is 13.9 Å². The van der Waals surface area contributed by atoms with Gasteiger partial charge in [0, 0.05) is 17.2 Å². The van der Waals surface area contributed by atoms with E-state index in [-0.39, 0.29) is 18.2 Å².